The molecule has 2 N–H and O–H groups in total. The molecule has 122 valence electrons. The van der Waals surface area contributed by atoms with Gasteiger partial charge in [0.1, 0.15) is 0 Å². The fourth-order valence-electron chi connectivity index (χ4n) is 2.41. The van der Waals surface area contributed by atoms with Gasteiger partial charge >= 0.3 is 0 Å². The topological polar surface area (TPSA) is 78.0 Å². The Morgan fingerprint density at radius 1 is 1.25 bits per heavy atom. The highest BCUT2D eigenvalue weighted by atomic mass is 32.1. The van der Waals surface area contributed by atoms with Crippen LogP contribution in [0.1, 0.15) is 27.3 Å². The van der Waals surface area contributed by atoms with Gasteiger partial charge in [0.2, 0.25) is 0 Å². The van der Waals surface area contributed by atoms with E-state index in [0.29, 0.717) is 34.2 Å². The summed E-state index contributed by atoms with van der Waals surface area (Å²) in [7, 11) is 0. The third-order valence-electron chi connectivity index (χ3n) is 3.67. The number of carbonyl (C=O) groups excluding carboxylic acids is 1. The number of thiazole rings is 1. The van der Waals surface area contributed by atoms with Crippen LogP contribution in [0.5, 0.6) is 0 Å². The zero-order chi connectivity index (χ0) is 17.1. The lowest BCUT2D eigenvalue weighted by Crippen LogP contribution is -2.16. The second-order valence-electron chi connectivity index (χ2n) is 5.49. The maximum atomic E-state index is 12.5. The molecular formula is C18H17N3O2S. The molecule has 0 unspecified atom stereocenters. The maximum absolute atomic E-state index is 12.5. The number of anilines is 1. The summed E-state index contributed by atoms with van der Waals surface area (Å²) in [6.45, 7) is 1.79. The van der Waals surface area contributed by atoms with Crippen molar-refractivity contribution in [2.24, 2.45) is 0 Å². The molecule has 0 bridgehead atoms. The lowest BCUT2D eigenvalue weighted by Gasteiger charge is -2.01. The minimum absolute atomic E-state index is 0.0450. The van der Waals surface area contributed by atoms with Crippen molar-refractivity contribution in [2.45, 2.75) is 19.8 Å². The van der Waals surface area contributed by atoms with E-state index in [4.69, 9.17) is 5.73 Å². The lowest BCUT2D eigenvalue weighted by atomic mass is 10.1. The normalized spacial score (nSPS) is 10.7. The van der Waals surface area contributed by atoms with E-state index in [2.05, 4.69) is 4.98 Å². The fourth-order valence-corrected chi connectivity index (χ4v) is 3.44. The van der Waals surface area contributed by atoms with Gasteiger partial charge in [-0.05, 0) is 25.0 Å². The Hall–Kier alpha value is -2.73. The van der Waals surface area contributed by atoms with Crippen LogP contribution < -0.4 is 11.3 Å². The van der Waals surface area contributed by atoms with Crippen molar-refractivity contribution in [2.75, 3.05) is 5.73 Å². The van der Waals surface area contributed by atoms with E-state index in [0.717, 1.165) is 5.56 Å². The highest BCUT2D eigenvalue weighted by Crippen LogP contribution is 2.23. The minimum Gasteiger partial charge on any atom is -0.399 e. The number of nitrogens with two attached hydrogens (primary N) is 1. The van der Waals surface area contributed by atoms with Gasteiger partial charge in [-0.3, -0.25) is 14.2 Å². The van der Waals surface area contributed by atoms with Crippen LogP contribution in [0.25, 0.3) is 5.13 Å². The molecular weight excluding hydrogens is 322 g/mol. The Morgan fingerprint density at radius 2 is 2.00 bits per heavy atom. The third-order valence-corrected chi connectivity index (χ3v) is 4.87. The number of Topliss-reactive ketones (excluding diaryl/α,β-unsaturated/α-hetero) is 1. The number of aryl methyl sites for hydroxylation is 2. The van der Waals surface area contributed by atoms with E-state index >= 15 is 0 Å². The van der Waals surface area contributed by atoms with Crippen molar-refractivity contribution >= 4 is 22.8 Å². The summed E-state index contributed by atoms with van der Waals surface area (Å²) >= 11 is 1.24. The summed E-state index contributed by atoms with van der Waals surface area (Å²) in [5.41, 5.74) is 7.53. The van der Waals surface area contributed by atoms with Crippen molar-refractivity contribution < 1.29 is 4.79 Å². The van der Waals surface area contributed by atoms with Gasteiger partial charge in [-0.25, -0.2) is 4.98 Å². The largest absolute Gasteiger partial charge is 0.399 e. The van der Waals surface area contributed by atoms with Crippen LogP contribution in [0.3, 0.4) is 0 Å². The van der Waals surface area contributed by atoms with Gasteiger partial charge in [0.15, 0.2) is 10.9 Å². The minimum atomic E-state index is -0.257. The zero-order valence-electron chi connectivity index (χ0n) is 13.2. The molecule has 24 heavy (non-hydrogen) atoms. The first-order valence-corrected chi connectivity index (χ1v) is 8.39. The number of pyridine rings is 1. The molecule has 0 atom stereocenters. The Balaban J connectivity index is 1.81. The summed E-state index contributed by atoms with van der Waals surface area (Å²) in [5.74, 6) is 0.0450. The quantitative estimate of drug-likeness (QED) is 0.725. The Kier molecular flexibility index (Phi) is 4.57. The fraction of sp³-hybridized carbons (Fsp3) is 0.167. The number of nitrogen functional groups attached to an aromatic ring is 1. The number of aromatic nitrogens is 2. The van der Waals surface area contributed by atoms with E-state index in [1.807, 2.05) is 30.3 Å². The monoisotopic (exact) mass is 339 g/mol. The van der Waals surface area contributed by atoms with Crippen LogP contribution in [0, 0.1) is 6.92 Å². The lowest BCUT2D eigenvalue weighted by molar-refractivity contribution is 0.0986. The van der Waals surface area contributed by atoms with Gasteiger partial charge in [-0.2, -0.15) is 0 Å². The first-order chi connectivity index (χ1) is 11.5. The second-order valence-corrected chi connectivity index (χ2v) is 6.47. The molecule has 1 aromatic carbocycles. The first-order valence-electron chi connectivity index (χ1n) is 7.57. The summed E-state index contributed by atoms with van der Waals surface area (Å²) in [6.07, 6.45) is 2.69. The predicted molar refractivity (Wildman–Crippen MR) is 96.0 cm³/mol. The average molecular weight is 339 g/mol. The Morgan fingerprint density at radius 3 is 2.71 bits per heavy atom. The zero-order valence-corrected chi connectivity index (χ0v) is 14.0. The molecule has 0 saturated heterocycles. The van der Waals surface area contributed by atoms with Crippen molar-refractivity contribution in [3.8, 4) is 5.13 Å². The molecule has 0 radical (unpaired) electrons. The van der Waals surface area contributed by atoms with E-state index in [9.17, 15) is 9.59 Å². The van der Waals surface area contributed by atoms with Crippen LogP contribution in [-0.4, -0.2) is 15.3 Å². The second kappa shape index (κ2) is 6.80. The van der Waals surface area contributed by atoms with Gasteiger partial charge < -0.3 is 5.73 Å². The standard InChI is InChI=1S/C18H17N3O2S/c1-12-17(15(22)8-7-13-5-3-2-4-6-13)24-18(20-12)21-10-9-14(19)11-16(21)23/h2-6,9-11H,7-8,19H2,1H3. The van der Waals surface area contributed by atoms with Crippen LogP contribution in [-0.2, 0) is 6.42 Å². The molecule has 0 aliphatic carbocycles. The molecule has 2 heterocycles. The molecule has 0 aliphatic heterocycles. The average Bonchev–Trinajstić information content (AvgIpc) is 2.95. The number of rotatable bonds is 5. The van der Waals surface area contributed by atoms with Gasteiger partial charge in [0, 0.05) is 24.4 Å². The van der Waals surface area contributed by atoms with Gasteiger partial charge in [0.25, 0.3) is 5.56 Å². The first kappa shape index (κ1) is 16.1. The summed E-state index contributed by atoms with van der Waals surface area (Å²) in [6, 6.07) is 12.9. The van der Waals surface area contributed by atoms with Gasteiger partial charge in [0.05, 0.1) is 10.6 Å². The summed E-state index contributed by atoms with van der Waals surface area (Å²) < 4.78 is 1.40. The van der Waals surface area contributed by atoms with E-state index in [1.165, 1.54) is 22.0 Å². The third kappa shape index (κ3) is 3.44. The molecule has 5 nitrogen and oxygen atoms in total. The molecule has 0 fully saturated rings. The summed E-state index contributed by atoms with van der Waals surface area (Å²) in [5, 5.41) is 0.487. The highest BCUT2D eigenvalue weighted by Gasteiger charge is 2.16. The van der Waals surface area contributed by atoms with Crippen LogP contribution in [0.2, 0.25) is 0 Å². The Bertz CT molecular complexity index is 929. The van der Waals surface area contributed by atoms with Crippen molar-refractivity contribution in [1.82, 2.24) is 9.55 Å². The smallest absolute Gasteiger partial charge is 0.258 e. The number of carbonyl (C=O) groups is 1. The van der Waals surface area contributed by atoms with E-state index in [1.54, 1.807) is 19.2 Å². The van der Waals surface area contributed by atoms with Crippen molar-refractivity contribution in [3.63, 3.8) is 0 Å². The number of benzene rings is 1. The predicted octanol–water partition coefficient (Wildman–Crippen LogP) is 3.00. The molecule has 0 spiro atoms. The SMILES string of the molecule is Cc1nc(-n2ccc(N)cc2=O)sc1C(=O)CCc1ccccc1. The van der Waals surface area contributed by atoms with Gasteiger partial charge in [-0.15, -0.1) is 0 Å². The van der Waals surface area contributed by atoms with Crippen molar-refractivity contribution in [1.29, 1.82) is 0 Å². The molecule has 0 aliphatic rings. The number of ketones is 1. The van der Waals surface area contributed by atoms with E-state index < -0.39 is 0 Å². The van der Waals surface area contributed by atoms with E-state index in [-0.39, 0.29) is 11.3 Å². The number of hydrogen-bond donors (Lipinski definition) is 1. The number of nitrogens with zero attached hydrogens (tertiary/aromatic N) is 2. The highest BCUT2D eigenvalue weighted by molar-refractivity contribution is 7.16. The number of hydrogen-bond acceptors (Lipinski definition) is 5. The van der Waals surface area contributed by atoms with Crippen LogP contribution >= 0.6 is 11.3 Å². The molecule has 6 heteroatoms. The summed E-state index contributed by atoms with van der Waals surface area (Å²) in [4.78, 5) is 29.5. The molecule has 3 rings (SSSR count). The molecule has 2 aromatic heterocycles. The molecule has 3 aromatic rings. The molecule has 0 saturated carbocycles. The Labute approximate surface area is 143 Å². The van der Waals surface area contributed by atoms with Crippen LogP contribution in [0.15, 0.2) is 53.5 Å². The van der Waals surface area contributed by atoms with Crippen molar-refractivity contribution in [3.05, 3.63) is 75.1 Å². The molecule has 0 amide bonds. The van der Waals surface area contributed by atoms with Crippen LogP contribution in [0.4, 0.5) is 5.69 Å². The maximum Gasteiger partial charge on any atom is 0.258 e. The van der Waals surface area contributed by atoms with Gasteiger partial charge in [-0.1, -0.05) is 41.7 Å².